The molecule has 1 fully saturated rings. The van der Waals surface area contributed by atoms with Crippen LogP contribution in [0.3, 0.4) is 0 Å². The quantitative estimate of drug-likeness (QED) is 0.894. The van der Waals surface area contributed by atoms with E-state index in [4.69, 9.17) is 4.74 Å². The summed E-state index contributed by atoms with van der Waals surface area (Å²) in [6, 6.07) is 3.33. The third-order valence-corrected chi connectivity index (χ3v) is 3.81. The largest absolute Gasteiger partial charge is 0.478 e. The normalized spacial score (nSPS) is 16.4. The van der Waals surface area contributed by atoms with E-state index in [1.807, 2.05) is 6.92 Å². The van der Waals surface area contributed by atoms with Gasteiger partial charge in [-0.3, -0.25) is 0 Å². The van der Waals surface area contributed by atoms with Gasteiger partial charge in [-0.15, -0.1) is 0 Å². The second-order valence-electron chi connectivity index (χ2n) is 5.25. The monoisotopic (exact) mass is 278 g/mol. The molecule has 2 rings (SSSR count). The van der Waals surface area contributed by atoms with Crippen molar-refractivity contribution in [3.05, 3.63) is 23.4 Å². The minimum atomic E-state index is -0.891. The van der Waals surface area contributed by atoms with E-state index in [1.54, 1.807) is 19.2 Å². The molecule has 2 heterocycles. The molecule has 0 spiro atoms. The lowest BCUT2D eigenvalue weighted by molar-refractivity contribution is 0.0696. The number of pyridine rings is 1. The summed E-state index contributed by atoms with van der Waals surface area (Å²) in [6.45, 7) is 4.61. The topological polar surface area (TPSA) is 62.7 Å². The molecular weight excluding hydrogens is 256 g/mol. The van der Waals surface area contributed by atoms with Gasteiger partial charge in [0.25, 0.3) is 0 Å². The van der Waals surface area contributed by atoms with Crippen LogP contribution in [0.15, 0.2) is 12.1 Å². The van der Waals surface area contributed by atoms with Gasteiger partial charge in [-0.25, -0.2) is 9.78 Å². The number of aromatic nitrogens is 1. The van der Waals surface area contributed by atoms with Gasteiger partial charge in [0.15, 0.2) is 0 Å². The van der Waals surface area contributed by atoms with Crippen LogP contribution in [0.5, 0.6) is 0 Å². The summed E-state index contributed by atoms with van der Waals surface area (Å²) in [5.74, 6) is 0.500. The summed E-state index contributed by atoms with van der Waals surface area (Å²) < 4.78 is 5.20. The van der Waals surface area contributed by atoms with Crippen molar-refractivity contribution in [3.63, 3.8) is 0 Å². The lowest BCUT2D eigenvalue weighted by Gasteiger charge is -2.32. The van der Waals surface area contributed by atoms with Gasteiger partial charge in [0, 0.05) is 32.5 Å². The predicted molar refractivity (Wildman–Crippen MR) is 77.4 cm³/mol. The molecule has 20 heavy (non-hydrogen) atoms. The first-order chi connectivity index (χ1) is 9.63. The summed E-state index contributed by atoms with van der Waals surface area (Å²) in [6.07, 6.45) is 2.87. The Morgan fingerprint density at radius 2 is 2.15 bits per heavy atom. The first kappa shape index (κ1) is 14.8. The molecule has 1 aromatic rings. The predicted octanol–water partition coefficient (Wildman–Crippen LogP) is 2.21. The van der Waals surface area contributed by atoms with E-state index >= 15 is 0 Å². The molecule has 1 N–H and O–H groups in total. The molecule has 110 valence electrons. The van der Waals surface area contributed by atoms with Crippen LogP contribution in [0.1, 0.15) is 35.8 Å². The van der Waals surface area contributed by atoms with E-state index in [-0.39, 0.29) is 0 Å². The van der Waals surface area contributed by atoms with Crippen LogP contribution in [-0.4, -0.2) is 42.9 Å². The highest BCUT2D eigenvalue weighted by Gasteiger charge is 2.21. The summed E-state index contributed by atoms with van der Waals surface area (Å²) in [5, 5.41) is 9.18. The molecule has 1 aromatic heterocycles. The van der Waals surface area contributed by atoms with Gasteiger partial charge < -0.3 is 14.7 Å². The molecular formula is C15H22N2O3. The fraction of sp³-hybridized carbons (Fsp3) is 0.600. The summed E-state index contributed by atoms with van der Waals surface area (Å²) in [5.41, 5.74) is 1.16. The molecule has 1 aliphatic heterocycles. The second kappa shape index (κ2) is 6.70. The molecule has 0 unspecified atom stereocenters. The third-order valence-electron chi connectivity index (χ3n) is 3.81. The maximum absolute atomic E-state index is 11.2. The molecule has 5 nitrogen and oxygen atoms in total. The van der Waals surface area contributed by atoms with Crippen LogP contribution in [0, 0.1) is 5.92 Å². The Bertz CT molecular complexity index is 468. The average Bonchev–Trinajstić information content (AvgIpc) is 2.47. The van der Waals surface area contributed by atoms with Crippen LogP contribution < -0.4 is 4.90 Å². The number of nitrogens with zero attached hydrogens (tertiary/aromatic N) is 2. The fourth-order valence-electron chi connectivity index (χ4n) is 2.60. The Hall–Kier alpha value is -1.62. The number of rotatable bonds is 5. The van der Waals surface area contributed by atoms with Crippen molar-refractivity contribution >= 4 is 11.8 Å². The van der Waals surface area contributed by atoms with E-state index in [1.165, 1.54) is 0 Å². The van der Waals surface area contributed by atoms with Gasteiger partial charge in [-0.1, -0.05) is 6.92 Å². The lowest BCUT2D eigenvalue weighted by Crippen LogP contribution is -2.35. The number of carboxylic acids is 1. The van der Waals surface area contributed by atoms with Crippen LogP contribution in [-0.2, 0) is 11.2 Å². The Balaban J connectivity index is 2.12. The number of ether oxygens (including phenoxy) is 1. The second-order valence-corrected chi connectivity index (χ2v) is 5.25. The molecule has 0 amide bonds. The van der Waals surface area contributed by atoms with Gasteiger partial charge in [0.05, 0.1) is 5.56 Å². The summed E-state index contributed by atoms with van der Waals surface area (Å²) in [4.78, 5) is 17.9. The minimum Gasteiger partial charge on any atom is -0.478 e. The summed E-state index contributed by atoms with van der Waals surface area (Å²) >= 11 is 0. The maximum atomic E-state index is 11.2. The Labute approximate surface area is 119 Å². The molecule has 0 bridgehead atoms. The SMILES string of the molecule is CCc1cc(C(=O)O)cc(N2CCC(COC)CC2)n1. The van der Waals surface area contributed by atoms with Crippen molar-refractivity contribution in [1.29, 1.82) is 0 Å². The number of carboxylic acid groups (broad SMARTS) is 1. The zero-order valence-electron chi connectivity index (χ0n) is 12.1. The van der Waals surface area contributed by atoms with Gasteiger partial charge >= 0.3 is 5.97 Å². The number of piperidine rings is 1. The Morgan fingerprint density at radius 1 is 1.45 bits per heavy atom. The zero-order valence-corrected chi connectivity index (χ0v) is 12.1. The highest BCUT2D eigenvalue weighted by Crippen LogP contribution is 2.23. The molecule has 0 aliphatic carbocycles. The number of carbonyl (C=O) groups is 1. The maximum Gasteiger partial charge on any atom is 0.335 e. The number of aryl methyl sites for hydroxylation is 1. The van der Waals surface area contributed by atoms with Crippen molar-refractivity contribution in [1.82, 2.24) is 4.98 Å². The molecule has 0 saturated carbocycles. The van der Waals surface area contributed by atoms with E-state index in [9.17, 15) is 9.90 Å². The molecule has 1 saturated heterocycles. The first-order valence-corrected chi connectivity index (χ1v) is 7.12. The van der Waals surface area contributed by atoms with Gasteiger partial charge in [0.1, 0.15) is 5.82 Å². The standard InChI is InChI=1S/C15H22N2O3/c1-3-13-8-12(15(18)19)9-14(16-13)17-6-4-11(5-7-17)10-20-2/h8-9,11H,3-7,10H2,1-2H3,(H,18,19). The number of hydrogen-bond acceptors (Lipinski definition) is 4. The van der Waals surface area contributed by atoms with Crippen LogP contribution >= 0.6 is 0 Å². The van der Waals surface area contributed by atoms with Crippen molar-refractivity contribution in [2.45, 2.75) is 26.2 Å². The molecule has 0 atom stereocenters. The van der Waals surface area contributed by atoms with Crippen molar-refractivity contribution < 1.29 is 14.6 Å². The number of hydrogen-bond donors (Lipinski definition) is 1. The van der Waals surface area contributed by atoms with E-state index < -0.39 is 5.97 Å². The number of anilines is 1. The minimum absolute atomic E-state index is 0.325. The molecule has 1 aliphatic rings. The van der Waals surface area contributed by atoms with Gasteiger partial charge in [0.2, 0.25) is 0 Å². The van der Waals surface area contributed by atoms with Crippen molar-refractivity contribution in [3.8, 4) is 0 Å². The van der Waals surface area contributed by atoms with Gasteiger partial charge in [-0.2, -0.15) is 0 Å². The molecule has 0 aromatic carbocycles. The van der Waals surface area contributed by atoms with Crippen molar-refractivity contribution in [2.24, 2.45) is 5.92 Å². The Kier molecular flexibility index (Phi) is 4.95. The van der Waals surface area contributed by atoms with Crippen LogP contribution in [0.25, 0.3) is 0 Å². The summed E-state index contributed by atoms with van der Waals surface area (Å²) in [7, 11) is 1.73. The third kappa shape index (κ3) is 3.48. The highest BCUT2D eigenvalue weighted by molar-refractivity contribution is 5.88. The molecule has 0 radical (unpaired) electrons. The fourth-order valence-corrected chi connectivity index (χ4v) is 2.60. The van der Waals surface area contributed by atoms with Crippen molar-refractivity contribution in [2.75, 3.05) is 31.7 Å². The highest BCUT2D eigenvalue weighted by atomic mass is 16.5. The average molecular weight is 278 g/mol. The van der Waals surface area contributed by atoms with Crippen LogP contribution in [0.4, 0.5) is 5.82 Å². The number of methoxy groups -OCH3 is 1. The van der Waals surface area contributed by atoms with Gasteiger partial charge in [-0.05, 0) is 37.3 Å². The first-order valence-electron chi connectivity index (χ1n) is 7.12. The zero-order chi connectivity index (χ0) is 14.5. The lowest BCUT2D eigenvalue weighted by atomic mass is 9.98. The van der Waals surface area contributed by atoms with E-state index in [2.05, 4.69) is 9.88 Å². The number of aromatic carboxylic acids is 1. The van der Waals surface area contributed by atoms with Crippen LogP contribution in [0.2, 0.25) is 0 Å². The molecule has 5 heteroatoms. The Morgan fingerprint density at radius 3 is 2.70 bits per heavy atom. The van der Waals surface area contributed by atoms with E-state index in [0.717, 1.165) is 50.5 Å². The smallest absolute Gasteiger partial charge is 0.335 e. The van der Waals surface area contributed by atoms with E-state index in [0.29, 0.717) is 11.5 Å².